The SMILES string of the molecule is COc1ccc(C(=O)Nc2cccc(N3CCn4c(nc5cc(Cl)ccc54)C3)c2)cc1. The predicted molar refractivity (Wildman–Crippen MR) is 123 cm³/mol. The predicted octanol–water partition coefficient (Wildman–Crippen LogP) is 4.97. The van der Waals surface area contributed by atoms with Crippen molar-refractivity contribution in [3.8, 4) is 5.75 Å². The van der Waals surface area contributed by atoms with Gasteiger partial charge in [-0.1, -0.05) is 17.7 Å². The molecule has 156 valence electrons. The molecule has 1 N–H and O–H groups in total. The monoisotopic (exact) mass is 432 g/mol. The first-order valence-electron chi connectivity index (χ1n) is 10.1. The molecule has 4 aromatic rings. The number of benzene rings is 3. The van der Waals surface area contributed by atoms with E-state index in [-0.39, 0.29) is 5.91 Å². The number of imidazole rings is 1. The van der Waals surface area contributed by atoms with Crippen LogP contribution in [0.3, 0.4) is 0 Å². The number of rotatable bonds is 4. The fourth-order valence-corrected chi connectivity index (χ4v) is 4.11. The van der Waals surface area contributed by atoms with Gasteiger partial charge in [0.2, 0.25) is 0 Å². The molecule has 1 aromatic heterocycles. The van der Waals surface area contributed by atoms with E-state index in [0.29, 0.717) is 17.1 Å². The van der Waals surface area contributed by atoms with Crippen molar-refractivity contribution in [2.24, 2.45) is 0 Å². The zero-order valence-corrected chi connectivity index (χ0v) is 17.8. The van der Waals surface area contributed by atoms with Crippen molar-refractivity contribution in [3.05, 3.63) is 83.1 Å². The first kappa shape index (κ1) is 19.5. The van der Waals surface area contributed by atoms with E-state index in [4.69, 9.17) is 21.3 Å². The lowest BCUT2D eigenvalue weighted by molar-refractivity contribution is 0.102. The molecule has 0 fully saturated rings. The maximum atomic E-state index is 12.6. The molecule has 1 aliphatic heterocycles. The largest absolute Gasteiger partial charge is 0.497 e. The molecule has 1 aliphatic rings. The highest BCUT2D eigenvalue weighted by Crippen LogP contribution is 2.28. The van der Waals surface area contributed by atoms with Crippen LogP contribution < -0.4 is 15.0 Å². The summed E-state index contributed by atoms with van der Waals surface area (Å²) in [6, 6.07) is 20.8. The number of methoxy groups -OCH3 is 1. The third-order valence-electron chi connectivity index (χ3n) is 5.54. The number of nitrogens with zero attached hydrogens (tertiary/aromatic N) is 3. The van der Waals surface area contributed by atoms with Gasteiger partial charge >= 0.3 is 0 Å². The van der Waals surface area contributed by atoms with Crippen LogP contribution in [0.5, 0.6) is 5.75 Å². The summed E-state index contributed by atoms with van der Waals surface area (Å²) in [5.74, 6) is 1.57. The Morgan fingerprint density at radius 1 is 1.06 bits per heavy atom. The van der Waals surface area contributed by atoms with Gasteiger partial charge in [0.05, 0.1) is 24.7 Å². The first-order chi connectivity index (χ1) is 15.1. The fraction of sp³-hybridized carbons (Fsp3) is 0.167. The molecular formula is C24H21ClN4O2. The lowest BCUT2D eigenvalue weighted by Crippen LogP contribution is -2.33. The first-order valence-corrected chi connectivity index (χ1v) is 10.4. The van der Waals surface area contributed by atoms with Gasteiger partial charge in [0.25, 0.3) is 5.91 Å². The van der Waals surface area contributed by atoms with Gasteiger partial charge in [-0.15, -0.1) is 0 Å². The van der Waals surface area contributed by atoms with Crippen molar-refractivity contribution >= 4 is 39.9 Å². The lowest BCUT2D eigenvalue weighted by Gasteiger charge is -2.30. The Balaban J connectivity index is 1.34. The van der Waals surface area contributed by atoms with E-state index in [1.165, 1.54) is 0 Å². The highest BCUT2D eigenvalue weighted by atomic mass is 35.5. The van der Waals surface area contributed by atoms with E-state index in [9.17, 15) is 4.79 Å². The summed E-state index contributed by atoms with van der Waals surface area (Å²) >= 11 is 6.12. The van der Waals surface area contributed by atoms with Gasteiger partial charge in [0, 0.05) is 35.1 Å². The maximum absolute atomic E-state index is 12.6. The van der Waals surface area contributed by atoms with E-state index in [2.05, 4.69) is 20.9 Å². The summed E-state index contributed by atoms with van der Waals surface area (Å²) < 4.78 is 7.40. The molecule has 0 unspecified atom stereocenters. The number of ether oxygens (including phenoxy) is 1. The molecule has 0 radical (unpaired) electrons. The third kappa shape index (κ3) is 3.82. The normalized spacial score (nSPS) is 13.2. The van der Waals surface area contributed by atoms with Gasteiger partial charge in [-0.25, -0.2) is 4.98 Å². The molecule has 31 heavy (non-hydrogen) atoms. The van der Waals surface area contributed by atoms with Crippen molar-refractivity contribution in [1.82, 2.24) is 9.55 Å². The van der Waals surface area contributed by atoms with Crippen LogP contribution in [0, 0.1) is 0 Å². The van der Waals surface area contributed by atoms with Gasteiger partial charge in [-0.2, -0.15) is 0 Å². The van der Waals surface area contributed by atoms with Crippen LogP contribution in [-0.4, -0.2) is 29.1 Å². The molecule has 0 saturated carbocycles. The molecule has 2 heterocycles. The van der Waals surface area contributed by atoms with Crippen LogP contribution in [0.15, 0.2) is 66.7 Å². The van der Waals surface area contributed by atoms with Gasteiger partial charge in [-0.05, 0) is 60.7 Å². The number of halogens is 1. The standard InChI is InChI=1S/C24H21ClN4O2/c1-31-20-8-5-16(6-9-20)24(30)26-18-3-2-4-19(14-18)28-11-12-29-22-10-7-17(25)13-21(22)27-23(29)15-28/h2-10,13-14H,11-12,15H2,1H3,(H,26,30). The highest BCUT2D eigenvalue weighted by molar-refractivity contribution is 6.31. The van der Waals surface area contributed by atoms with E-state index in [1.807, 2.05) is 36.4 Å². The van der Waals surface area contributed by atoms with Crippen LogP contribution in [0.4, 0.5) is 11.4 Å². The lowest BCUT2D eigenvalue weighted by atomic mass is 10.2. The molecule has 6 nitrogen and oxygen atoms in total. The summed E-state index contributed by atoms with van der Waals surface area (Å²) in [5, 5.41) is 3.67. The number of anilines is 2. The minimum atomic E-state index is -0.155. The molecule has 0 atom stereocenters. The average Bonchev–Trinajstić information content (AvgIpc) is 3.16. The minimum Gasteiger partial charge on any atom is -0.497 e. The van der Waals surface area contributed by atoms with E-state index in [0.717, 1.165) is 47.1 Å². The second-order valence-electron chi connectivity index (χ2n) is 7.47. The Labute approximate surface area is 185 Å². The molecule has 0 bridgehead atoms. The number of nitrogens with one attached hydrogen (secondary N) is 1. The Morgan fingerprint density at radius 3 is 2.71 bits per heavy atom. The zero-order chi connectivity index (χ0) is 21.4. The van der Waals surface area contributed by atoms with E-state index >= 15 is 0 Å². The van der Waals surface area contributed by atoms with Gasteiger partial charge in [-0.3, -0.25) is 4.79 Å². The van der Waals surface area contributed by atoms with Crippen LogP contribution in [0.25, 0.3) is 11.0 Å². The Hall–Kier alpha value is -3.51. The Bertz CT molecular complexity index is 1270. The summed E-state index contributed by atoms with van der Waals surface area (Å²) in [4.78, 5) is 19.6. The van der Waals surface area contributed by atoms with Gasteiger partial charge in [0.1, 0.15) is 11.6 Å². The topological polar surface area (TPSA) is 59.4 Å². The minimum absolute atomic E-state index is 0.155. The number of aromatic nitrogens is 2. The summed E-state index contributed by atoms with van der Waals surface area (Å²) in [5.41, 5.74) is 4.41. The second-order valence-corrected chi connectivity index (χ2v) is 7.90. The smallest absolute Gasteiger partial charge is 0.255 e. The number of hydrogen-bond acceptors (Lipinski definition) is 4. The Morgan fingerprint density at radius 2 is 1.90 bits per heavy atom. The number of hydrogen-bond donors (Lipinski definition) is 1. The van der Waals surface area contributed by atoms with Crippen molar-refractivity contribution in [2.75, 3.05) is 23.9 Å². The van der Waals surface area contributed by atoms with Crippen LogP contribution in [0.2, 0.25) is 5.02 Å². The number of fused-ring (bicyclic) bond motifs is 3. The van der Waals surface area contributed by atoms with Gasteiger partial charge < -0.3 is 19.5 Å². The Kier molecular flexibility index (Phi) is 5.00. The molecule has 0 aliphatic carbocycles. The molecular weight excluding hydrogens is 412 g/mol. The number of amides is 1. The number of carbonyl (C=O) groups excluding carboxylic acids is 1. The van der Waals surface area contributed by atoms with Crippen molar-refractivity contribution < 1.29 is 9.53 Å². The number of carbonyl (C=O) groups is 1. The fourth-order valence-electron chi connectivity index (χ4n) is 3.94. The molecule has 5 rings (SSSR count). The van der Waals surface area contributed by atoms with Crippen LogP contribution in [0.1, 0.15) is 16.2 Å². The second kappa shape index (κ2) is 7.96. The molecule has 7 heteroatoms. The van der Waals surface area contributed by atoms with E-state index in [1.54, 1.807) is 31.4 Å². The van der Waals surface area contributed by atoms with Crippen molar-refractivity contribution in [3.63, 3.8) is 0 Å². The highest BCUT2D eigenvalue weighted by Gasteiger charge is 2.21. The summed E-state index contributed by atoms with van der Waals surface area (Å²) in [6.45, 7) is 2.40. The maximum Gasteiger partial charge on any atom is 0.255 e. The van der Waals surface area contributed by atoms with E-state index < -0.39 is 0 Å². The molecule has 1 amide bonds. The van der Waals surface area contributed by atoms with Gasteiger partial charge in [0.15, 0.2) is 0 Å². The van der Waals surface area contributed by atoms with Crippen molar-refractivity contribution in [1.29, 1.82) is 0 Å². The third-order valence-corrected chi connectivity index (χ3v) is 5.77. The van der Waals surface area contributed by atoms with Crippen LogP contribution in [-0.2, 0) is 13.1 Å². The van der Waals surface area contributed by atoms with Crippen LogP contribution >= 0.6 is 11.6 Å². The summed E-state index contributed by atoms with van der Waals surface area (Å²) in [7, 11) is 1.60. The quantitative estimate of drug-likeness (QED) is 0.494. The molecule has 0 spiro atoms. The zero-order valence-electron chi connectivity index (χ0n) is 17.0. The summed E-state index contributed by atoms with van der Waals surface area (Å²) in [6.07, 6.45) is 0. The molecule has 0 saturated heterocycles. The average molecular weight is 433 g/mol. The molecule has 3 aromatic carbocycles. The van der Waals surface area contributed by atoms with Crippen molar-refractivity contribution in [2.45, 2.75) is 13.1 Å².